The summed E-state index contributed by atoms with van der Waals surface area (Å²) in [7, 11) is 0. The molecule has 0 aromatic carbocycles. The average molecular weight is 210 g/mol. The molecule has 1 aliphatic heterocycles. The van der Waals surface area contributed by atoms with Gasteiger partial charge in [-0.1, -0.05) is 0 Å². The molecule has 84 valence electrons. The van der Waals surface area contributed by atoms with Crippen molar-refractivity contribution < 1.29 is 14.5 Å². The smallest absolute Gasteiger partial charge is 0.105 e. The van der Waals surface area contributed by atoms with Crippen LogP contribution in [0, 0.1) is 0 Å². The first-order chi connectivity index (χ1) is 7.16. The number of ether oxygens (including phenoxy) is 1. The van der Waals surface area contributed by atoms with Crippen molar-refractivity contribution in [2.45, 2.75) is 44.9 Å². The van der Waals surface area contributed by atoms with Crippen molar-refractivity contribution in [3.8, 4) is 0 Å². The van der Waals surface area contributed by atoms with E-state index in [1.54, 1.807) is 6.26 Å². The fourth-order valence-electron chi connectivity index (χ4n) is 2.19. The number of hydrogen-bond acceptors (Lipinski definition) is 2. The summed E-state index contributed by atoms with van der Waals surface area (Å²) in [6, 6.07) is 2.71. The molecular formula is C12H20NO2+. The van der Waals surface area contributed by atoms with Gasteiger partial charge in [-0.2, -0.15) is 0 Å². The molecule has 2 rings (SSSR count). The van der Waals surface area contributed by atoms with Crippen LogP contribution in [0.25, 0.3) is 0 Å². The van der Waals surface area contributed by atoms with Crippen molar-refractivity contribution in [2.75, 3.05) is 6.61 Å². The third-order valence-corrected chi connectivity index (χ3v) is 3.00. The molecule has 3 heteroatoms. The Kier molecular flexibility index (Phi) is 3.12. The van der Waals surface area contributed by atoms with Gasteiger partial charge in [0.2, 0.25) is 0 Å². The number of nitrogens with two attached hydrogens (primary N) is 1. The summed E-state index contributed by atoms with van der Waals surface area (Å²) >= 11 is 0. The number of rotatable bonds is 3. The molecule has 1 aromatic rings. The summed E-state index contributed by atoms with van der Waals surface area (Å²) in [6.45, 7) is 6.24. The Morgan fingerprint density at radius 1 is 1.53 bits per heavy atom. The molecule has 2 heterocycles. The maximum Gasteiger partial charge on any atom is 0.105 e. The molecule has 15 heavy (non-hydrogen) atoms. The van der Waals surface area contributed by atoms with Crippen LogP contribution in [0.3, 0.4) is 0 Å². The predicted molar refractivity (Wildman–Crippen MR) is 57.4 cm³/mol. The third kappa shape index (κ3) is 3.08. The van der Waals surface area contributed by atoms with Crippen LogP contribution >= 0.6 is 0 Å². The zero-order valence-corrected chi connectivity index (χ0v) is 9.53. The molecule has 3 nitrogen and oxygen atoms in total. The van der Waals surface area contributed by atoms with E-state index in [4.69, 9.17) is 9.15 Å². The van der Waals surface area contributed by atoms with Crippen LogP contribution in [0.1, 0.15) is 32.3 Å². The Hall–Kier alpha value is -0.800. The van der Waals surface area contributed by atoms with Gasteiger partial charge in [0.05, 0.1) is 30.8 Å². The summed E-state index contributed by atoms with van der Waals surface area (Å²) in [5.74, 6) is 0. The van der Waals surface area contributed by atoms with Gasteiger partial charge in [0.1, 0.15) is 6.54 Å². The van der Waals surface area contributed by atoms with Gasteiger partial charge in [-0.3, -0.25) is 0 Å². The molecule has 0 unspecified atom stereocenters. The zero-order chi connectivity index (χ0) is 10.7. The van der Waals surface area contributed by atoms with Gasteiger partial charge < -0.3 is 14.5 Å². The molecule has 2 N–H and O–H groups in total. The molecule has 1 aromatic heterocycles. The number of hydrogen-bond donors (Lipinski definition) is 1. The summed E-state index contributed by atoms with van der Waals surface area (Å²) in [6.07, 6.45) is 5.84. The lowest BCUT2D eigenvalue weighted by atomic mass is 9.94. The Balaban J connectivity index is 1.80. The van der Waals surface area contributed by atoms with Crippen molar-refractivity contribution >= 4 is 0 Å². The van der Waals surface area contributed by atoms with Crippen molar-refractivity contribution in [3.63, 3.8) is 0 Å². The second-order valence-electron chi connectivity index (χ2n) is 4.93. The van der Waals surface area contributed by atoms with Gasteiger partial charge >= 0.3 is 0 Å². The Bertz CT molecular complexity index is 293. The fraction of sp³-hybridized carbons (Fsp3) is 0.667. The van der Waals surface area contributed by atoms with E-state index in [0.717, 1.165) is 26.0 Å². The first-order valence-corrected chi connectivity index (χ1v) is 5.64. The highest BCUT2D eigenvalue weighted by atomic mass is 16.5. The monoisotopic (exact) mass is 210 g/mol. The van der Waals surface area contributed by atoms with Crippen LogP contribution in [-0.4, -0.2) is 18.2 Å². The van der Waals surface area contributed by atoms with E-state index in [1.807, 2.05) is 12.3 Å². The van der Waals surface area contributed by atoms with Crippen molar-refractivity contribution in [3.05, 3.63) is 24.2 Å². The van der Waals surface area contributed by atoms with E-state index >= 15 is 0 Å². The van der Waals surface area contributed by atoms with E-state index in [9.17, 15) is 0 Å². The number of furan rings is 1. The van der Waals surface area contributed by atoms with E-state index < -0.39 is 0 Å². The molecule has 0 saturated carbocycles. The van der Waals surface area contributed by atoms with E-state index in [-0.39, 0.29) is 5.60 Å². The second-order valence-corrected chi connectivity index (χ2v) is 4.93. The Labute approximate surface area is 90.8 Å². The maximum atomic E-state index is 5.69. The molecule has 0 spiro atoms. The standard InChI is InChI=1S/C12H19NO2/c1-12(2)7-11(4-6-15-12)13-8-10-3-5-14-9-10/h3,5,9,11,13H,4,6-8H2,1-2H3/p+1/t11-/m0/s1. The van der Waals surface area contributed by atoms with Crippen molar-refractivity contribution in [1.82, 2.24) is 0 Å². The maximum absolute atomic E-state index is 5.69. The molecule has 0 radical (unpaired) electrons. The van der Waals surface area contributed by atoms with E-state index in [2.05, 4.69) is 19.2 Å². The van der Waals surface area contributed by atoms with Crippen molar-refractivity contribution in [2.24, 2.45) is 0 Å². The van der Waals surface area contributed by atoms with Gasteiger partial charge in [-0.15, -0.1) is 0 Å². The third-order valence-electron chi connectivity index (χ3n) is 3.00. The summed E-state index contributed by atoms with van der Waals surface area (Å²) in [5.41, 5.74) is 1.31. The minimum atomic E-state index is 0.0514. The molecule has 0 amide bonds. The fourth-order valence-corrected chi connectivity index (χ4v) is 2.19. The average Bonchev–Trinajstić information content (AvgIpc) is 2.65. The van der Waals surface area contributed by atoms with Crippen LogP contribution in [-0.2, 0) is 11.3 Å². The van der Waals surface area contributed by atoms with Gasteiger partial charge in [0.25, 0.3) is 0 Å². The Morgan fingerprint density at radius 3 is 3.07 bits per heavy atom. The largest absolute Gasteiger partial charge is 0.472 e. The molecule has 0 bridgehead atoms. The lowest BCUT2D eigenvalue weighted by molar-refractivity contribution is -0.709. The lowest BCUT2D eigenvalue weighted by Gasteiger charge is -2.33. The lowest BCUT2D eigenvalue weighted by Crippen LogP contribution is -2.89. The van der Waals surface area contributed by atoms with Crippen LogP contribution in [0.2, 0.25) is 0 Å². The summed E-state index contributed by atoms with van der Waals surface area (Å²) in [5, 5.41) is 2.40. The quantitative estimate of drug-likeness (QED) is 0.816. The molecule has 1 fully saturated rings. The van der Waals surface area contributed by atoms with Gasteiger partial charge in [0.15, 0.2) is 0 Å². The van der Waals surface area contributed by atoms with Crippen LogP contribution in [0.15, 0.2) is 23.0 Å². The topological polar surface area (TPSA) is 39.0 Å². The molecular weight excluding hydrogens is 190 g/mol. The Morgan fingerprint density at radius 2 is 2.40 bits per heavy atom. The molecule has 0 aliphatic carbocycles. The summed E-state index contributed by atoms with van der Waals surface area (Å²) in [4.78, 5) is 0. The second kappa shape index (κ2) is 4.37. The number of quaternary nitrogens is 1. The van der Waals surface area contributed by atoms with Gasteiger partial charge in [-0.25, -0.2) is 0 Å². The van der Waals surface area contributed by atoms with E-state index in [1.165, 1.54) is 5.56 Å². The van der Waals surface area contributed by atoms with Crippen LogP contribution in [0.5, 0.6) is 0 Å². The normalized spacial score (nSPS) is 25.3. The first-order valence-electron chi connectivity index (χ1n) is 5.64. The van der Waals surface area contributed by atoms with Crippen molar-refractivity contribution in [1.29, 1.82) is 0 Å². The summed E-state index contributed by atoms with van der Waals surface area (Å²) < 4.78 is 10.7. The highest BCUT2D eigenvalue weighted by molar-refractivity contribution is 5.02. The first kappa shape index (κ1) is 10.7. The SMILES string of the molecule is CC1(C)C[C@@H]([NH2+]Cc2ccoc2)CCO1. The molecule has 1 atom stereocenters. The van der Waals surface area contributed by atoms with Crippen LogP contribution in [0.4, 0.5) is 0 Å². The van der Waals surface area contributed by atoms with Gasteiger partial charge in [0, 0.05) is 18.4 Å². The zero-order valence-electron chi connectivity index (χ0n) is 9.53. The molecule has 1 aliphatic rings. The minimum Gasteiger partial charge on any atom is -0.472 e. The van der Waals surface area contributed by atoms with E-state index in [0.29, 0.717) is 6.04 Å². The highest BCUT2D eigenvalue weighted by Crippen LogP contribution is 2.22. The molecule has 1 saturated heterocycles. The minimum absolute atomic E-state index is 0.0514. The highest BCUT2D eigenvalue weighted by Gasteiger charge is 2.30. The predicted octanol–water partition coefficient (Wildman–Crippen LogP) is 1.30. The van der Waals surface area contributed by atoms with Crippen LogP contribution < -0.4 is 5.32 Å². The van der Waals surface area contributed by atoms with Gasteiger partial charge in [-0.05, 0) is 19.9 Å².